The Morgan fingerprint density at radius 1 is 1.06 bits per heavy atom. The third-order valence-electron chi connectivity index (χ3n) is 6.40. The fourth-order valence-electron chi connectivity index (χ4n) is 4.55. The van der Waals surface area contributed by atoms with Gasteiger partial charge in [0.1, 0.15) is 17.1 Å². The van der Waals surface area contributed by atoms with Crippen LogP contribution in [-0.2, 0) is 9.47 Å². The molecule has 0 spiro atoms. The van der Waals surface area contributed by atoms with Gasteiger partial charge in [0.2, 0.25) is 0 Å². The average Bonchev–Trinajstić information content (AvgIpc) is 2.90. The van der Waals surface area contributed by atoms with E-state index in [1.54, 1.807) is 18.5 Å². The van der Waals surface area contributed by atoms with Gasteiger partial charge in [0.15, 0.2) is 0 Å². The second-order valence-corrected chi connectivity index (χ2v) is 8.63. The second-order valence-electron chi connectivity index (χ2n) is 8.63. The standard InChI is InChI=1S/C25H29N5O4/c1-32-25(31)17-2-7-23(28-16-17)29-18-3-5-20(6-4-18)34-22-15-19(30-10-12-33-13-11-30)14-21-24(22)27-9-8-26-21/h2,7-9,14-16,18,20H,3-6,10-13H2,1H3,(H,28,29)/t18-,20+. The van der Waals surface area contributed by atoms with Crippen LogP contribution in [0.3, 0.4) is 0 Å². The van der Waals surface area contributed by atoms with Gasteiger partial charge in [-0.2, -0.15) is 0 Å². The van der Waals surface area contributed by atoms with E-state index in [1.807, 2.05) is 6.07 Å². The predicted molar refractivity (Wildman–Crippen MR) is 128 cm³/mol. The number of anilines is 2. The lowest BCUT2D eigenvalue weighted by atomic mass is 9.93. The molecular formula is C25H29N5O4. The third-order valence-corrected chi connectivity index (χ3v) is 6.40. The van der Waals surface area contributed by atoms with E-state index in [2.05, 4.69) is 37.3 Å². The number of nitrogens with zero attached hydrogens (tertiary/aromatic N) is 4. The molecule has 1 aromatic carbocycles. The van der Waals surface area contributed by atoms with Crippen LogP contribution < -0.4 is 15.0 Å². The molecule has 3 aromatic rings. The maximum absolute atomic E-state index is 11.6. The van der Waals surface area contributed by atoms with Crippen LogP contribution in [0, 0.1) is 0 Å². The Bertz CT molecular complexity index is 1130. The molecule has 0 radical (unpaired) electrons. The number of ether oxygens (including phenoxy) is 3. The van der Waals surface area contributed by atoms with E-state index in [9.17, 15) is 4.79 Å². The summed E-state index contributed by atoms with van der Waals surface area (Å²) < 4.78 is 16.7. The Balaban J connectivity index is 1.23. The summed E-state index contributed by atoms with van der Waals surface area (Å²) in [7, 11) is 1.36. The van der Waals surface area contributed by atoms with Crippen LogP contribution in [0.1, 0.15) is 36.0 Å². The van der Waals surface area contributed by atoms with Crippen LogP contribution in [-0.4, -0.2) is 66.5 Å². The molecule has 9 heteroatoms. The normalized spacial score (nSPS) is 20.7. The van der Waals surface area contributed by atoms with Gasteiger partial charge in [0, 0.05) is 49.5 Å². The van der Waals surface area contributed by atoms with Gasteiger partial charge in [0.25, 0.3) is 0 Å². The fraction of sp³-hybridized carbons (Fsp3) is 0.440. The lowest BCUT2D eigenvalue weighted by molar-refractivity contribution is 0.0600. The lowest BCUT2D eigenvalue weighted by Gasteiger charge is -2.31. The summed E-state index contributed by atoms with van der Waals surface area (Å²) in [4.78, 5) is 27.3. The third kappa shape index (κ3) is 5.04. The zero-order valence-electron chi connectivity index (χ0n) is 19.3. The molecule has 0 amide bonds. The molecule has 3 heterocycles. The smallest absolute Gasteiger partial charge is 0.339 e. The predicted octanol–water partition coefficient (Wildman–Crippen LogP) is 3.45. The number of aromatic nitrogens is 3. The number of carbonyl (C=O) groups excluding carboxylic acids is 1. The number of methoxy groups -OCH3 is 1. The van der Waals surface area contributed by atoms with Gasteiger partial charge in [-0.15, -0.1) is 0 Å². The van der Waals surface area contributed by atoms with E-state index in [-0.39, 0.29) is 12.1 Å². The average molecular weight is 464 g/mol. The molecule has 0 unspecified atom stereocenters. The van der Waals surface area contributed by atoms with Crippen molar-refractivity contribution in [1.29, 1.82) is 0 Å². The number of pyridine rings is 1. The molecule has 2 aromatic heterocycles. The van der Waals surface area contributed by atoms with E-state index in [1.165, 1.54) is 13.3 Å². The molecule has 1 saturated heterocycles. The molecule has 2 aliphatic rings. The number of rotatable bonds is 6. The number of fused-ring (bicyclic) bond motifs is 1. The van der Waals surface area contributed by atoms with Gasteiger partial charge in [-0.05, 0) is 43.9 Å². The number of hydrogen-bond acceptors (Lipinski definition) is 9. The van der Waals surface area contributed by atoms with Gasteiger partial charge in [-0.25, -0.2) is 14.8 Å². The minimum Gasteiger partial charge on any atom is -0.488 e. The molecule has 9 nitrogen and oxygen atoms in total. The number of carbonyl (C=O) groups is 1. The van der Waals surface area contributed by atoms with Crippen molar-refractivity contribution in [1.82, 2.24) is 15.0 Å². The molecule has 1 N–H and O–H groups in total. The van der Waals surface area contributed by atoms with E-state index >= 15 is 0 Å². The first-order valence-corrected chi connectivity index (χ1v) is 11.7. The van der Waals surface area contributed by atoms with Crippen molar-refractivity contribution < 1.29 is 19.0 Å². The highest BCUT2D eigenvalue weighted by molar-refractivity contribution is 5.89. The van der Waals surface area contributed by atoms with E-state index in [0.29, 0.717) is 11.6 Å². The maximum atomic E-state index is 11.6. The van der Waals surface area contributed by atoms with E-state index < -0.39 is 0 Å². The van der Waals surface area contributed by atoms with Gasteiger partial charge >= 0.3 is 5.97 Å². The van der Waals surface area contributed by atoms with Crippen LogP contribution in [0.4, 0.5) is 11.5 Å². The molecule has 34 heavy (non-hydrogen) atoms. The van der Waals surface area contributed by atoms with E-state index in [4.69, 9.17) is 14.2 Å². The zero-order chi connectivity index (χ0) is 23.3. The monoisotopic (exact) mass is 463 g/mol. The number of esters is 1. The van der Waals surface area contributed by atoms with Gasteiger partial charge < -0.3 is 24.4 Å². The first-order valence-electron chi connectivity index (χ1n) is 11.7. The van der Waals surface area contributed by atoms with Crippen LogP contribution in [0.5, 0.6) is 5.75 Å². The van der Waals surface area contributed by atoms with Crippen LogP contribution in [0.15, 0.2) is 42.9 Å². The van der Waals surface area contributed by atoms with Crippen molar-refractivity contribution in [3.8, 4) is 5.75 Å². The zero-order valence-corrected chi connectivity index (χ0v) is 19.3. The van der Waals surface area contributed by atoms with E-state index in [0.717, 1.165) is 80.3 Å². The first kappa shape index (κ1) is 22.3. The van der Waals surface area contributed by atoms with Crippen molar-refractivity contribution in [3.63, 3.8) is 0 Å². The van der Waals surface area contributed by atoms with Gasteiger partial charge in [-0.3, -0.25) is 4.98 Å². The fourth-order valence-corrected chi connectivity index (χ4v) is 4.55. The highest BCUT2D eigenvalue weighted by atomic mass is 16.5. The van der Waals surface area contributed by atoms with Crippen LogP contribution in [0.2, 0.25) is 0 Å². The molecule has 1 aliphatic heterocycles. The maximum Gasteiger partial charge on any atom is 0.339 e. The Labute approximate surface area is 198 Å². The van der Waals surface area contributed by atoms with Crippen molar-refractivity contribution >= 4 is 28.5 Å². The largest absolute Gasteiger partial charge is 0.488 e. The Hall–Kier alpha value is -3.46. The Morgan fingerprint density at radius 2 is 1.85 bits per heavy atom. The molecule has 0 atom stereocenters. The number of nitrogens with one attached hydrogen (secondary N) is 1. The minimum atomic E-state index is -0.383. The molecule has 178 valence electrons. The molecular weight excluding hydrogens is 434 g/mol. The SMILES string of the molecule is COC(=O)c1ccc(N[C@H]2CC[C@@H](Oc3cc(N4CCOCC4)cc4nccnc34)CC2)nc1. The number of hydrogen-bond donors (Lipinski definition) is 1. The van der Waals surface area contributed by atoms with Crippen molar-refractivity contribution in [2.75, 3.05) is 43.6 Å². The molecule has 5 rings (SSSR count). The van der Waals surface area contributed by atoms with Crippen molar-refractivity contribution in [2.45, 2.75) is 37.8 Å². The minimum absolute atomic E-state index is 0.123. The Morgan fingerprint density at radius 3 is 2.59 bits per heavy atom. The summed E-state index contributed by atoms with van der Waals surface area (Å²) in [6.45, 7) is 3.17. The summed E-state index contributed by atoms with van der Waals surface area (Å²) in [6, 6.07) is 8.03. The summed E-state index contributed by atoms with van der Waals surface area (Å²) in [5.41, 5.74) is 3.19. The van der Waals surface area contributed by atoms with Gasteiger partial charge in [-0.1, -0.05) is 0 Å². The second kappa shape index (κ2) is 10.2. The Kier molecular flexibility index (Phi) is 6.71. The topological polar surface area (TPSA) is 98.7 Å². The molecule has 1 saturated carbocycles. The van der Waals surface area contributed by atoms with Crippen LogP contribution in [0.25, 0.3) is 11.0 Å². The highest BCUT2D eigenvalue weighted by Gasteiger charge is 2.24. The number of benzene rings is 1. The lowest BCUT2D eigenvalue weighted by Crippen LogP contribution is -2.36. The molecule has 1 aliphatic carbocycles. The quantitative estimate of drug-likeness (QED) is 0.551. The highest BCUT2D eigenvalue weighted by Crippen LogP contribution is 2.33. The number of morpholine rings is 1. The molecule has 2 fully saturated rings. The van der Waals surface area contributed by atoms with Crippen molar-refractivity contribution in [2.24, 2.45) is 0 Å². The first-order chi connectivity index (χ1) is 16.7. The summed E-state index contributed by atoms with van der Waals surface area (Å²) in [5.74, 6) is 1.17. The summed E-state index contributed by atoms with van der Waals surface area (Å²) in [6.07, 6.45) is 8.90. The summed E-state index contributed by atoms with van der Waals surface area (Å²) in [5, 5.41) is 3.47. The van der Waals surface area contributed by atoms with Crippen molar-refractivity contribution in [3.05, 3.63) is 48.4 Å². The van der Waals surface area contributed by atoms with Crippen LogP contribution >= 0.6 is 0 Å². The summed E-state index contributed by atoms with van der Waals surface area (Å²) >= 11 is 0. The molecule has 0 bridgehead atoms. The van der Waals surface area contributed by atoms with Gasteiger partial charge in [0.05, 0.1) is 37.5 Å².